The summed E-state index contributed by atoms with van der Waals surface area (Å²) < 4.78 is 0. The minimum atomic E-state index is 0.0413. The summed E-state index contributed by atoms with van der Waals surface area (Å²) in [7, 11) is 2.11. The average Bonchev–Trinajstić information content (AvgIpc) is 3.23. The number of benzene rings is 1. The SMILES string of the molecule is CN1CCN(C(=O)c2ccc(Cl)nc2N2CCCC2)C(c2ccccc2)C1. The number of aromatic nitrogens is 1. The average molecular weight is 385 g/mol. The molecule has 2 aliphatic rings. The highest BCUT2D eigenvalue weighted by Gasteiger charge is 2.33. The van der Waals surface area contributed by atoms with E-state index in [9.17, 15) is 4.79 Å². The van der Waals surface area contributed by atoms with Crippen LogP contribution in [-0.4, -0.2) is 60.5 Å². The molecule has 27 heavy (non-hydrogen) atoms. The summed E-state index contributed by atoms with van der Waals surface area (Å²) in [5.74, 6) is 0.777. The lowest BCUT2D eigenvalue weighted by molar-refractivity contribution is 0.0498. The molecule has 0 spiro atoms. The fourth-order valence-electron chi connectivity index (χ4n) is 4.04. The van der Waals surface area contributed by atoms with Crippen LogP contribution in [0.25, 0.3) is 0 Å². The molecule has 0 bridgehead atoms. The zero-order chi connectivity index (χ0) is 18.8. The van der Waals surface area contributed by atoms with Crippen molar-refractivity contribution in [1.82, 2.24) is 14.8 Å². The first-order chi connectivity index (χ1) is 13.1. The van der Waals surface area contributed by atoms with Gasteiger partial charge in [0, 0.05) is 32.7 Å². The second-order valence-electron chi connectivity index (χ2n) is 7.39. The summed E-state index contributed by atoms with van der Waals surface area (Å²) in [5.41, 5.74) is 1.83. The number of rotatable bonds is 3. The Balaban J connectivity index is 1.68. The maximum Gasteiger partial charge on any atom is 0.258 e. The third kappa shape index (κ3) is 3.80. The van der Waals surface area contributed by atoms with E-state index in [1.807, 2.05) is 29.2 Å². The molecule has 1 amide bonds. The van der Waals surface area contributed by atoms with Gasteiger partial charge in [0.2, 0.25) is 0 Å². The van der Waals surface area contributed by atoms with Gasteiger partial charge in [-0.05, 0) is 37.6 Å². The van der Waals surface area contributed by atoms with E-state index in [2.05, 4.69) is 34.0 Å². The third-order valence-corrected chi connectivity index (χ3v) is 5.72. The van der Waals surface area contributed by atoms with Crippen molar-refractivity contribution >= 4 is 23.3 Å². The normalized spacial score (nSPS) is 20.9. The Morgan fingerprint density at radius 2 is 1.78 bits per heavy atom. The highest BCUT2D eigenvalue weighted by atomic mass is 35.5. The van der Waals surface area contributed by atoms with Crippen LogP contribution < -0.4 is 4.90 Å². The lowest BCUT2D eigenvalue weighted by Gasteiger charge is -2.40. The molecule has 3 heterocycles. The van der Waals surface area contributed by atoms with Gasteiger partial charge < -0.3 is 14.7 Å². The number of carbonyl (C=O) groups is 1. The molecule has 0 radical (unpaired) electrons. The number of carbonyl (C=O) groups excluding carboxylic acids is 1. The maximum atomic E-state index is 13.6. The van der Waals surface area contributed by atoms with E-state index in [0.717, 1.165) is 44.8 Å². The number of nitrogens with zero attached hydrogens (tertiary/aromatic N) is 4. The van der Waals surface area contributed by atoms with E-state index in [-0.39, 0.29) is 11.9 Å². The number of piperazine rings is 1. The topological polar surface area (TPSA) is 39.7 Å². The minimum absolute atomic E-state index is 0.0413. The van der Waals surface area contributed by atoms with Crippen molar-refractivity contribution < 1.29 is 4.79 Å². The van der Waals surface area contributed by atoms with E-state index >= 15 is 0 Å². The summed E-state index contributed by atoms with van der Waals surface area (Å²) in [6, 6.07) is 13.9. The number of anilines is 1. The van der Waals surface area contributed by atoms with Crippen molar-refractivity contribution in [3.05, 3.63) is 58.7 Å². The van der Waals surface area contributed by atoms with E-state index in [1.165, 1.54) is 5.56 Å². The highest BCUT2D eigenvalue weighted by molar-refractivity contribution is 6.29. The first-order valence-electron chi connectivity index (χ1n) is 9.59. The van der Waals surface area contributed by atoms with Gasteiger partial charge in [-0.25, -0.2) is 4.98 Å². The Morgan fingerprint density at radius 1 is 1.04 bits per heavy atom. The molecular weight excluding hydrogens is 360 g/mol. The van der Waals surface area contributed by atoms with Crippen molar-refractivity contribution in [2.75, 3.05) is 44.7 Å². The molecular formula is C21H25ClN4O. The maximum absolute atomic E-state index is 13.6. The van der Waals surface area contributed by atoms with Gasteiger partial charge in [0.05, 0.1) is 11.6 Å². The molecule has 142 valence electrons. The zero-order valence-corrected chi connectivity index (χ0v) is 16.4. The number of amides is 1. The van der Waals surface area contributed by atoms with Crippen LogP contribution in [0.15, 0.2) is 42.5 Å². The lowest BCUT2D eigenvalue weighted by atomic mass is 10.0. The molecule has 0 N–H and O–H groups in total. The van der Waals surface area contributed by atoms with Crippen LogP contribution in [0.5, 0.6) is 0 Å². The van der Waals surface area contributed by atoms with Crippen LogP contribution in [0, 0.1) is 0 Å². The van der Waals surface area contributed by atoms with E-state index < -0.39 is 0 Å². The van der Waals surface area contributed by atoms with Crippen LogP contribution in [0.2, 0.25) is 5.15 Å². The number of pyridine rings is 1. The molecule has 0 saturated carbocycles. The van der Waals surface area contributed by atoms with Gasteiger partial charge in [0.25, 0.3) is 5.91 Å². The first-order valence-corrected chi connectivity index (χ1v) is 9.97. The van der Waals surface area contributed by atoms with Gasteiger partial charge in [-0.3, -0.25) is 4.79 Å². The van der Waals surface area contributed by atoms with Gasteiger partial charge in [0.15, 0.2) is 0 Å². The minimum Gasteiger partial charge on any atom is -0.356 e. The van der Waals surface area contributed by atoms with Crippen LogP contribution in [-0.2, 0) is 0 Å². The number of likely N-dealkylation sites (N-methyl/N-ethyl adjacent to an activating group) is 1. The number of hydrogen-bond donors (Lipinski definition) is 0. The quantitative estimate of drug-likeness (QED) is 0.760. The van der Waals surface area contributed by atoms with E-state index in [1.54, 1.807) is 6.07 Å². The van der Waals surface area contributed by atoms with E-state index in [0.29, 0.717) is 17.3 Å². The standard InChI is InChI=1S/C21H25ClN4O/c1-24-13-14-26(18(15-24)16-7-3-2-4-8-16)21(27)17-9-10-19(22)23-20(17)25-11-5-6-12-25/h2-4,7-10,18H,5-6,11-15H2,1H3. The summed E-state index contributed by atoms with van der Waals surface area (Å²) in [6.45, 7) is 4.26. The van der Waals surface area contributed by atoms with Crippen molar-refractivity contribution in [3.63, 3.8) is 0 Å². The van der Waals surface area contributed by atoms with Crippen LogP contribution in [0.3, 0.4) is 0 Å². The largest absolute Gasteiger partial charge is 0.356 e. The number of hydrogen-bond acceptors (Lipinski definition) is 4. The summed E-state index contributed by atoms with van der Waals surface area (Å²) in [6.07, 6.45) is 2.26. The van der Waals surface area contributed by atoms with Gasteiger partial charge in [-0.2, -0.15) is 0 Å². The number of halogens is 1. The second kappa shape index (κ2) is 7.87. The molecule has 2 saturated heterocycles. The Morgan fingerprint density at radius 3 is 2.52 bits per heavy atom. The van der Waals surface area contributed by atoms with Crippen molar-refractivity contribution in [2.24, 2.45) is 0 Å². The second-order valence-corrected chi connectivity index (χ2v) is 7.77. The highest BCUT2D eigenvalue weighted by Crippen LogP contribution is 2.30. The third-order valence-electron chi connectivity index (χ3n) is 5.51. The van der Waals surface area contributed by atoms with Crippen LogP contribution in [0.4, 0.5) is 5.82 Å². The Labute approximate surface area is 165 Å². The molecule has 2 fully saturated rings. The Kier molecular flexibility index (Phi) is 5.32. The fourth-order valence-corrected chi connectivity index (χ4v) is 4.18. The van der Waals surface area contributed by atoms with E-state index in [4.69, 9.17) is 11.6 Å². The fraction of sp³-hybridized carbons (Fsp3) is 0.429. The van der Waals surface area contributed by atoms with Gasteiger partial charge >= 0.3 is 0 Å². The summed E-state index contributed by atoms with van der Waals surface area (Å²) >= 11 is 6.16. The molecule has 2 aromatic rings. The predicted molar refractivity (Wildman–Crippen MR) is 108 cm³/mol. The lowest BCUT2D eigenvalue weighted by Crippen LogP contribution is -2.49. The van der Waals surface area contributed by atoms with Gasteiger partial charge in [-0.1, -0.05) is 41.9 Å². The van der Waals surface area contributed by atoms with Crippen molar-refractivity contribution in [2.45, 2.75) is 18.9 Å². The van der Waals surface area contributed by atoms with Crippen molar-refractivity contribution in [1.29, 1.82) is 0 Å². The molecule has 0 aliphatic carbocycles. The van der Waals surface area contributed by atoms with Crippen molar-refractivity contribution in [3.8, 4) is 0 Å². The predicted octanol–water partition coefficient (Wildman–Crippen LogP) is 3.46. The van der Waals surface area contributed by atoms with Crippen LogP contribution in [0.1, 0.15) is 34.8 Å². The Hall–Kier alpha value is -2.11. The molecule has 2 aliphatic heterocycles. The molecule has 6 heteroatoms. The van der Waals surface area contributed by atoms with Gasteiger partial charge in [-0.15, -0.1) is 0 Å². The molecule has 1 atom stereocenters. The summed E-state index contributed by atoms with van der Waals surface area (Å²) in [4.78, 5) is 24.6. The monoisotopic (exact) mass is 384 g/mol. The zero-order valence-electron chi connectivity index (χ0n) is 15.6. The van der Waals surface area contributed by atoms with Gasteiger partial charge in [0.1, 0.15) is 11.0 Å². The molecule has 4 rings (SSSR count). The van der Waals surface area contributed by atoms with Crippen LogP contribution >= 0.6 is 11.6 Å². The first kappa shape index (κ1) is 18.3. The molecule has 1 unspecified atom stereocenters. The molecule has 1 aromatic carbocycles. The summed E-state index contributed by atoms with van der Waals surface area (Å²) in [5, 5.41) is 0.437. The molecule has 1 aromatic heterocycles. The molecule has 5 nitrogen and oxygen atoms in total. The smallest absolute Gasteiger partial charge is 0.258 e. The Bertz CT molecular complexity index is 807.